The summed E-state index contributed by atoms with van der Waals surface area (Å²) in [6.07, 6.45) is 0. The first-order chi connectivity index (χ1) is 12.5. The van der Waals surface area contributed by atoms with Crippen LogP contribution in [0.1, 0.15) is 41.9 Å². The number of nitrogens with zero attached hydrogens (tertiary/aromatic N) is 3. The van der Waals surface area contributed by atoms with Gasteiger partial charge in [-0.2, -0.15) is 0 Å². The molecule has 1 fully saturated rings. The largest absolute Gasteiger partial charge is 0.352 e. The molecule has 0 unspecified atom stereocenters. The molecule has 138 valence electrons. The number of hydrogen-bond acceptors (Lipinski definition) is 5. The number of carbonyl (C=O) groups is 2. The number of carbonyl (C=O) groups excluding carboxylic acids is 2. The van der Waals surface area contributed by atoms with E-state index in [1.807, 2.05) is 13.8 Å². The summed E-state index contributed by atoms with van der Waals surface area (Å²) < 4.78 is 17.5. The molecule has 0 saturated carbocycles. The molecule has 2 aromatic rings. The first kappa shape index (κ1) is 18.2. The minimum atomic E-state index is -0.858. The molecule has 0 aliphatic carbocycles. The van der Waals surface area contributed by atoms with Crippen molar-refractivity contribution in [2.75, 3.05) is 13.1 Å². The third-order valence-electron chi connectivity index (χ3n) is 4.17. The summed E-state index contributed by atoms with van der Waals surface area (Å²) in [6, 6.07) is 4.52. The predicted molar refractivity (Wildman–Crippen MR) is 95.1 cm³/mol. The van der Waals surface area contributed by atoms with E-state index >= 15 is 0 Å². The summed E-state index contributed by atoms with van der Waals surface area (Å²) in [5.41, 5.74) is 1.30. The van der Waals surface area contributed by atoms with Crippen LogP contribution >= 0.6 is 11.5 Å². The maximum absolute atomic E-state index is 13.6. The number of urea groups is 1. The smallest absolute Gasteiger partial charge is 0.318 e. The molecule has 1 aromatic heterocycles. The minimum Gasteiger partial charge on any atom is -0.352 e. The van der Waals surface area contributed by atoms with Gasteiger partial charge < -0.3 is 15.5 Å². The molecule has 1 aromatic carbocycles. The fourth-order valence-electron chi connectivity index (χ4n) is 2.93. The Bertz CT molecular complexity index is 810. The maximum atomic E-state index is 13.6. The van der Waals surface area contributed by atoms with Crippen molar-refractivity contribution >= 4 is 23.5 Å². The minimum absolute atomic E-state index is 0.210. The number of hydrogen-bond donors (Lipinski definition) is 2. The summed E-state index contributed by atoms with van der Waals surface area (Å²) in [7, 11) is 0. The van der Waals surface area contributed by atoms with E-state index in [1.165, 1.54) is 34.6 Å². The van der Waals surface area contributed by atoms with Crippen molar-refractivity contribution in [2.45, 2.75) is 32.4 Å². The standard InChI is InChI=1S/C17H20FN5O2S/c1-10(2)14-13(26-22-21-14)9-20-17(25)23-7-6-19-16(24)15(23)11-4-3-5-12(18)8-11/h3-5,8,10,15H,6-7,9H2,1-2H3,(H,19,24)(H,20,25)/t15-/m0/s1. The first-order valence-electron chi connectivity index (χ1n) is 8.36. The van der Waals surface area contributed by atoms with E-state index in [0.29, 0.717) is 18.7 Å². The molecular formula is C17H20FN5O2S. The van der Waals surface area contributed by atoms with E-state index in [1.54, 1.807) is 6.07 Å². The molecule has 1 aliphatic rings. The predicted octanol–water partition coefficient (Wildman–Crippen LogP) is 2.18. The van der Waals surface area contributed by atoms with E-state index < -0.39 is 11.9 Å². The molecule has 1 atom stereocenters. The summed E-state index contributed by atoms with van der Waals surface area (Å²) in [4.78, 5) is 27.3. The summed E-state index contributed by atoms with van der Waals surface area (Å²) in [5, 5.41) is 9.64. The second kappa shape index (κ2) is 7.77. The van der Waals surface area contributed by atoms with Crippen molar-refractivity contribution < 1.29 is 14.0 Å². The monoisotopic (exact) mass is 377 g/mol. The number of aromatic nitrogens is 2. The van der Waals surface area contributed by atoms with Crippen molar-refractivity contribution in [3.63, 3.8) is 0 Å². The van der Waals surface area contributed by atoms with Gasteiger partial charge in [0, 0.05) is 13.1 Å². The normalized spacial score (nSPS) is 17.3. The van der Waals surface area contributed by atoms with Gasteiger partial charge in [0.2, 0.25) is 5.91 Å². The van der Waals surface area contributed by atoms with Crippen molar-refractivity contribution in [2.24, 2.45) is 0 Å². The van der Waals surface area contributed by atoms with Crippen LogP contribution in [0.2, 0.25) is 0 Å². The van der Waals surface area contributed by atoms with Crippen LogP contribution in [0, 0.1) is 5.82 Å². The molecule has 0 spiro atoms. The molecule has 0 bridgehead atoms. The molecule has 7 nitrogen and oxygen atoms in total. The third-order valence-corrected chi connectivity index (χ3v) is 4.91. The van der Waals surface area contributed by atoms with Gasteiger partial charge >= 0.3 is 6.03 Å². The fourth-order valence-corrected chi connectivity index (χ4v) is 3.66. The zero-order valence-corrected chi connectivity index (χ0v) is 15.3. The van der Waals surface area contributed by atoms with E-state index in [-0.39, 0.29) is 24.4 Å². The Morgan fingerprint density at radius 3 is 3.04 bits per heavy atom. The molecule has 26 heavy (non-hydrogen) atoms. The van der Waals surface area contributed by atoms with E-state index in [9.17, 15) is 14.0 Å². The summed E-state index contributed by atoms with van der Waals surface area (Å²) in [5.74, 6) is -0.556. The SMILES string of the molecule is CC(C)c1nnsc1CNC(=O)N1CCNC(=O)[C@@H]1c1cccc(F)c1. The van der Waals surface area contributed by atoms with E-state index in [4.69, 9.17) is 0 Å². The first-order valence-corrected chi connectivity index (χ1v) is 9.13. The van der Waals surface area contributed by atoms with E-state index in [0.717, 1.165) is 10.6 Å². The van der Waals surface area contributed by atoms with Gasteiger partial charge in [0.1, 0.15) is 11.9 Å². The van der Waals surface area contributed by atoms with Crippen molar-refractivity contribution in [1.82, 2.24) is 25.1 Å². The van der Waals surface area contributed by atoms with Crippen molar-refractivity contribution in [3.05, 3.63) is 46.2 Å². The molecule has 3 rings (SSSR count). The number of halogens is 1. The molecule has 0 radical (unpaired) electrons. The zero-order chi connectivity index (χ0) is 18.7. The van der Waals surface area contributed by atoms with Gasteiger partial charge in [0.05, 0.1) is 17.1 Å². The summed E-state index contributed by atoms with van der Waals surface area (Å²) >= 11 is 1.24. The Morgan fingerprint density at radius 2 is 2.31 bits per heavy atom. The van der Waals surface area contributed by atoms with Crippen LogP contribution < -0.4 is 10.6 Å². The molecule has 1 aliphatic heterocycles. The number of nitrogens with one attached hydrogen (secondary N) is 2. The molecule has 2 N–H and O–H groups in total. The van der Waals surface area contributed by atoms with E-state index in [2.05, 4.69) is 20.2 Å². The number of benzene rings is 1. The zero-order valence-electron chi connectivity index (χ0n) is 14.5. The van der Waals surface area contributed by atoms with Crippen LogP contribution in [0.3, 0.4) is 0 Å². The van der Waals surface area contributed by atoms with Gasteiger partial charge in [-0.05, 0) is 35.1 Å². The Hall–Kier alpha value is -2.55. The van der Waals surface area contributed by atoms with Crippen molar-refractivity contribution in [3.8, 4) is 0 Å². The number of piperazine rings is 1. The average molecular weight is 377 g/mol. The topological polar surface area (TPSA) is 87.2 Å². The maximum Gasteiger partial charge on any atom is 0.318 e. The molecule has 9 heteroatoms. The van der Waals surface area contributed by atoms with Crippen LogP contribution in [0.25, 0.3) is 0 Å². The van der Waals surface area contributed by atoms with Gasteiger partial charge in [-0.1, -0.05) is 30.5 Å². The second-order valence-corrected chi connectivity index (χ2v) is 7.18. The Morgan fingerprint density at radius 1 is 1.50 bits per heavy atom. The Labute approximate surface area is 154 Å². The van der Waals surface area contributed by atoms with Crippen LogP contribution in [0.15, 0.2) is 24.3 Å². The van der Waals surface area contributed by atoms with Crippen LogP contribution in [0.5, 0.6) is 0 Å². The lowest BCUT2D eigenvalue weighted by molar-refractivity contribution is -0.127. The molecule has 1 saturated heterocycles. The van der Waals surface area contributed by atoms with Crippen LogP contribution in [0.4, 0.5) is 9.18 Å². The molecule has 2 heterocycles. The van der Waals surface area contributed by atoms with Gasteiger partial charge in [-0.15, -0.1) is 5.10 Å². The number of amides is 3. The second-order valence-electron chi connectivity index (χ2n) is 6.34. The lowest BCUT2D eigenvalue weighted by Crippen LogP contribution is -2.54. The quantitative estimate of drug-likeness (QED) is 0.855. The highest BCUT2D eigenvalue weighted by molar-refractivity contribution is 7.05. The van der Waals surface area contributed by atoms with Crippen LogP contribution in [-0.2, 0) is 11.3 Å². The highest BCUT2D eigenvalue weighted by Crippen LogP contribution is 2.24. The lowest BCUT2D eigenvalue weighted by Gasteiger charge is -2.35. The Balaban J connectivity index is 1.75. The third kappa shape index (κ3) is 3.82. The molecular weight excluding hydrogens is 357 g/mol. The Kier molecular flexibility index (Phi) is 5.46. The molecule has 3 amide bonds. The highest BCUT2D eigenvalue weighted by Gasteiger charge is 2.34. The van der Waals surface area contributed by atoms with Gasteiger partial charge in [0.15, 0.2) is 0 Å². The van der Waals surface area contributed by atoms with Gasteiger partial charge in [0.25, 0.3) is 0 Å². The highest BCUT2D eigenvalue weighted by atomic mass is 32.1. The summed E-state index contributed by atoms with van der Waals surface area (Å²) in [6.45, 7) is 5.01. The van der Waals surface area contributed by atoms with Crippen molar-refractivity contribution in [1.29, 1.82) is 0 Å². The fraction of sp³-hybridized carbons (Fsp3) is 0.412. The van der Waals surface area contributed by atoms with Gasteiger partial charge in [-0.25, -0.2) is 9.18 Å². The van der Waals surface area contributed by atoms with Crippen LogP contribution in [-0.4, -0.2) is 39.5 Å². The lowest BCUT2D eigenvalue weighted by atomic mass is 10.0. The average Bonchev–Trinajstić information content (AvgIpc) is 3.08. The number of rotatable bonds is 4. The van der Waals surface area contributed by atoms with Gasteiger partial charge in [-0.3, -0.25) is 4.79 Å².